The number of anilines is 3. The van der Waals surface area contributed by atoms with E-state index in [0.717, 1.165) is 11.1 Å². The van der Waals surface area contributed by atoms with E-state index in [0.29, 0.717) is 58.2 Å². The topological polar surface area (TPSA) is 115 Å². The number of hydrogen-bond donors (Lipinski definition) is 1. The quantitative estimate of drug-likeness (QED) is 0.371. The van der Waals surface area contributed by atoms with Crippen molar-refractivity contribution in [3.63, 3.8) is 0 Å². The number of hydrogen-bond acceptors (Lipinski definition) is 8. The number of aromatic nitrogens is 4. The second-order valence-corrected chi connectivity index (χ2v) is 11.5. The van der Waals surface area contributed by atoms with Gasteiger partial charge in [0.05, 0.1) is 6.54 Å². The molecule has 0 bridgehead atoms. The lowest BCUT2D eigenvalue weighted by atomic mass is 9.98. The number of amides is 2. The summed E-state index contributed by atoms with van der Waals surface area (Å²) in [6, 6.07) is 6.91. The first kappa shape index (κ1) is 27.4. The van der Waals surface area contributed by atoms with Gasteiger partial charge in [0.15, 0.2) is 5.82 Å². The van der Waals surface area contributed by atoms with Crippen molar-refractivity contribution in [1.82, 2.24) is 24.6 Å². The first-order chi connectivity index (χ1) is 20.0. The first-order valence-electron chi connectivity index (χ1n) is 13.8. The van der Waals surface area contributed by atoms with Gasteiger partial charge in [0, 0.05) is 60.7 Å². The molecule has 3 aromatic heterocycles. The van der Waals surface area contributed by atoms with Crippen LogP contribution in [0.2, 0.25) is 0 Å². The Morgan fingerprint density at radius 2 is 1.86 bits per heavy atom. The Morgan fingerprint density at radius 1 is 1.05 bits per heavy atom. The molecule has 0 fully saturated rings. The molecule has 12 heteroatoms. The summed E-state index contributed by atoms with van der Waals surface area (Å²) in [5.74, 6) is 0.976. The van der Waals surface area contributed by atoms with E-state index in [2.05, 4.69) is 20.4 Å². The van der Waals surface area contributed by atoms with Crippen LogP contribution < -0.4 is 15.0 Å². The summed E-state index contributed by atoms with van der Waals surface area (Å²) < 4.78 is 28.6. The Hall–Kier alpha value is -4.74. The van der Waals surface area contributed by atoms with E-state index in [1.807, 2.05) is 19.1 Å². The SMILES string of the molecule is Cc1c(-c2cc3cc(Nc4cc5n(n4)CC(=O)N(C)CC5)ncc3cc2F)cnc2c1N(C(=O)OC(C)(C)C)CCO2. The number of halogens is 1. The highest BCUT2D eigenvalue weighted by molar-refractivity contribution is 5.95. The third-order valence-electron chi connectivity index (χ3n) is 7.34. The Bertz CT molecular complexity index is 1730. The second kappa shape index (κ2) is 10.3. The normalized spacial score (nSPS) is 15.1. The van der Waals surface area contributed by atoms with Gasteiger partial charge in [-0.1, -0.05) is 0 Å². The smallest absolute Gasteiger partial charge is 0.415 e. The minimum atomic E-state index is -0.679. The molecule has 0 saturated carbocycles. The number of carbonyl (C=O) groups is 2. The molecule has 5 heterocycles. The molecule has 1 aromatic carbocycles. The van der Waals surface area contributed by atoms with Gasteiger partial charge in [-0.05, 0) is 56.8 Å². The summed E-state index contributed by atoms with van der Waals surface area (Å²) in [6.45, 7) is 8.61. The molecule has 6 rings (SSSR count). The van der Waals surface area contributed by atoms with Gasteiger partial charge in [-0.3, -0.25) is 14.4 Å². The van der Waals surface area contributed by atoms with E-state index in [4.69, 9.17) is 9.47 Å². The maximum absolute atomic E-state index is 15.5. The van der Waals surface area contributed by atoms with Crippen LogP contribution in [0.15, 0.2) is 36.7 Å². The van der Waals surface area contributed by atoms with Crippen LogP contribution in [0.3, 0.4) is 0 Å². The Morgan fingerprint density at radius 3 is 2.64 bits per heavy atom. The number of benzene rings is 1. The largest absolute Gasteiger partial charge is 0.474 e. The molecule has 0 radical (unpaired) electrons. The van der Waals surface area contributed by atoms with Crippen molar-refractivity contribution in [1.29, 1.82) is 0 Å². The zero-order chi connectivity index (χ0) is 29.8. The summed E-state index contributed by atoms with van der Waals surface area (Å²) in [5.41, 5.74) is 2.26. The van der Waals surface area contributed by atoms with Crippen molar-refractivity contribution in [2.24, 2.45) is 0 Å². The molecule has 0 saturated heterocycles. The van der Waals surface area contributed by atoms with Crippen LogP contribution in [-0.4, -0.2) is 69.0 Å². The fourth-order valence-electron chi connectivity index (χ4n) is 5.19. The molecule has 0 spiro atoms. The number of pyridine rings is 2. The Balaban J connectivity index is 1.33. The molecule has 0 atom stereocenters. The third kappa shape index (κ3) is 5.19. The van der Waals surface area contributed by atoms with Gasteiger partial charge in [0.25, 0.3) is 0 Å². The number of carbonyl (C=O) groups excluding carboxylic acids is 2. The van der Waals surface area contributed by atoms with Gasteiger partial charge in [-0.15, -0.1) is 0 Å². The average molecular weight is 574 g/mol. The van der Waals surface area contributed by atoms with Crippen LogP contribution in [0.5, 0.6) is 5.88 Å². The van der Waals surface area contributed by atoms with E-state index < -0.39 is 17.5 Å². The van der Waals surface area contributed by atoms with Crippen LogP contribution >= 0.6 is 0 Å². The van der Waals surface area contributed by atoms with E-state index in [-0.39, 0.29) is 25.6 Å². The molecule has 42 heavy (non-hydrogen) atoms. The van der Waals surface area contributed by atoms with Gasteiger partial charge < -0.3 is 19.7 Å². The molecule has 2 aliphatic heterocycles. The summed E-state index contributed by atoms with van der Waals surface area (Å²) in [7, 11) is 1.79. The van der Waals surface area contributed by atoms with Crippen LogP contribution in [0.4, 0.5) is 26.5 Å². The molecule has 2 amide bonds. The fraction of sp³-hybridized carbons (Fsp3) is 0.367. The second-order valence-electron chi connectivity index (χ2n) is 11.5. The predicted octanol–water partition coefficient (Wildman–Crippen LogP) is 4.83. The number of nitrogens with one attached hydrogen (secondary N) is 1. The Labute approximate surface area is 242 Å². The average Bonchev–Trinajstić information content (AvgIpc) is 3.25. The van der Waals surface area contributed by atoms with E-state index in [9.17, 15) is 9.59 Å². The van der Waals surface area contributed by atoms with Crippen molar-refractivity contribution >= 4 is 40.1 Å². The van der Waals surface area contributed by atoms with Crippen LogP contribution in [0.25, 0.3) is 21.9 Å². The van der Waals surface area contributed by atoms with Gasteiger partial charge in [0.2, 0.25) is 11.8 Å². The molecular formula is C30H32FN7O4. The maximum atomic E-state index is 15.5. The summed E-state index contributed by atoms with van der Waals surface area (Å²) >= 11 is 0. The van der Waals surface area contributed by atoms with Gasteiger partial charge >= 0.3 is 6.09 Å². The van der Waals surface area contributed by atoms with Crippen LogP contribution in [0, 0.1) is 12.7 Å². The lowest BCUT2D eigenvalue weighted by Gasteiger charge is -2.32. The van der Waals surface area contributed by atoms with Crippen molar-refractivity contribution < 1.29 is 23.5 Å². The first-order valence-corrected chi connectivity index (χ1v) is 13.8. The highest BCUT2D eigenvalue weighted by Gasteiger charge is 2.32. The predicted molar refractivity (Wildman–Crippen MR) is 156 cm³/mol. The summed E-state index contributed by atoms with van der Waals surface area (Å²) in [5, 5.41) is 9.13. The van der Waals surface area contributed by atoms with Crippen molar-refractivity contribution in [2.45, 2.75) is 46.3 Å². The van der Waals surface area contributed by atoms with E-state index >= 15 is 4.39 Å². The minimum absolute atomic E-state index is 0.00882. The molecular weight excluding hydrogens is 541 g/mol. The monoisotopic (exact) mass is 573 g/mol. The number of rotatable bonds is 3. The van der Waals surface area contributed by atoms with Gasteiger partial charge in [0.1, 0.15) is 36.1 Å². The van der Waals surface area contributed by atoms with Crippen molar-refractivity contribution in [3.05, 3.63) is 53.7 Å². The molecule has 0 unspecified atom stereocenters. The van der Waals surface area contributed by atoms with Crippen molar-refractivity contribution in [2.75, 3.05) is 37.0 Å². The van der Waals surface area contributed by atoms with E-state index in [1.54, 1.807) is 55.9 Å². The number of likely N-dealkylation sites (N-methyl/N-ethyl adjacent to an activating group) is 1. The lowest BCUT2D eigenvalue weighted by Crippen LogP contribution is -2.42. The summed E-state index contributed by atoms with van der Waals surface area (Å²) in [6.07, 6.45) is 3.35. The lowest BCUT2D eigenvalue weighted by molar-refractivity contribution is -0.130. The third-order valence-corrected chi connectivity index (χ3v) is 7.34. The minimum Gasteiger partial charge on any atom is -0.474 e. The number of fused-ring (bicyclic) bond motifs is 3. The zero-order valence-corrected chi connectivity index (χ0v) is 24.2. The maximum Gasteiger partial charge on any atom is 0.415 e. The highest BCUT2D eigenvalue weighted by Crippen LogP contribution is 2.40. The number of nitrogens with zero attached hydrogens (tertiary/aromatic N) is 6. The molecule has 11 nitrogen and oxygen atoms in total. The van der Waals surface area contributed by atoms with E-state index in [1.165, 1.54) is 11.0 Å². The van der Waals surface area contributed by atoms with Crippen LogP contribution in [-0.2, 0) is 22.5 Å². The molecule has 4 aromatic rings. The Kier molecular flexibility index (Phi) is 6.71. The fourth-order valence-corrected chi connectivity index (χ4v) is 5.19. The zero-order valence-electron chi connectivity index (χ0n) is 24.2. The molecule has 218 valence electrons. The molecule has 0 aliphatic carbocycles. The summed E-state index contributed by atoms with van der Waals surface area (Å²) in [4.78, 5) is 37.3. The standard InChI is InChI=1S/C30H32FN7O4/c1-17-22(15-33-28-27(17)37(8-9-41-28)29(40)42-30(2,3)4)21-10-18-12-24(32-14-19(18)11-23(21)31)34-25-13-20-6-7-36(5)26(39)16-38(20)35-25/h10-15H,6-9,16H2,1-5H3,(H,32,34,35). The molecule has 1 N–H and O–H groups in total. The molecule has 2 aliphatic rings. The van der Waals surface area contributed by atoms with Gasteiger partial charge in [-0.25, -0.2) is 19.2 Å². The van der Waals surface area contributed by atoms with Crippen molar-refractivity contribution in [3.8, 4) is 17.0 Å². The van der Waals surface area contributed by atoms with Crippen LogP contribution in [0.1, 0.15) is 32.0 Å². The van der Waals surface area contributed by atoms with Gasteiger partial charge in [-0.2, -0.15) is 5.10 Å². The highest BCUT2D eigenvalue weighted by atomic mass is 19.1. The number of ether oxygens (including phenoxy) is 2.